The van der Waals surface area contributed by atoms with Crippen molar-refractivity contribution in [2.45, 2.75) is 12.8 Å². The van der Waals surface area contributed by atoms with E-state index in [1.54, 1.807) is 18.2 Å². The first-order valence-electron chi connectivity index (χ1n) is 8.38. The second-order valence-electron chi connectivity index (χ2n) is 5.96. The van der Waals surface area contributed by atoms with E-state index >= 15 is 0 Å². The summed E-state index contributed by atoms with van der Waals surface area (Å²) in [5.74, 6) is 0.0627. The third kappa shape index (κ3) is 4.26. The molecule has 5 nitrogen and oxygen atoms in total. The van der Waals surface area contributed by atoms with Crippen LogP contribution in [-0.4, -0.2) is 31.2 Å². The summed E-state index contributed by atoms with van der Waals surface area (Å²) in [4.78, 5) is 14.8. The molecule has 1 fully saturated rings. The summed E-state index contributed by atoms with van der Waals surface area (Å²) in [5.41, 5.74) is 2.29. The fourth-order valence-electron chi connectivity index (χ4n) is 2.99. The van der Waals surface area contributed by atoms with Gasteiger partial charge < -0.3 is 15.0 Å². The molecule has 3 rings (SSSR count). The van der Waals surface area contributed by atoms with Crippen LogP contribution in [-0.2, 0) is 0 Å². The first-order chi connectivity index (χ1) is 12.6. The third-order valence-corrected chi connectivity index (χ3v) is 4.67. The number of hydrogen-bond acceptors (Lipinski definition) is 4. The van der Waals surface area contributed by atoms with Gasteiger partial charge >= 0.3 is 0 Å². The molecule has 2 aromatic rings. The molecule has 0 aromatic heterocycles. The van der Waals surface area contributed by atoms with Crippen molar-refractivity contribution >= 4 is 46.2 Å². The number of hydrogen-bond donors (Lipinski definition) is 2. The van der Waals surface area contributed by atoms with Gasteiger partial charge in [0.15, 0.2) is 5.11 Å². The standard InChI is InChI=1S/C19H20ClN3O2S/c1-25-17-9-8-13(20)12-14(17)18(24)22-19(26)21-15-6-2-3-7-16(15)23-10-4-5-11-23/h2-3,6-9,12H,4-5,10-11H2,1H3,(H2,21,22,24,26). The number of carbonyl (C=O) groups excluding carboxylic acids is 1. The van der Waals surface area contributed by atoms with Crippen LogP contribution in [0.5, 0.6) is 5.75 Å². The topological polar surface area (TPSA) is 53.6 Å². The van der Waals surface area contributed by atoms with Crippen LogP contribution in [0.25, 0.3) is 0 Å². The summed E-state index contributed by atoms with van der Waals surface area (Å²) >= 11 is 11.3. The maximum absolute atomic E-state index is 12.5. The highest BCUT2D eigenvalue weighted by molar-refractivity contribution is 7.80. The Morgan fingerprint density at radius 1 is 1.19 bits per heavy atom. The molecule has 2 N–H and O–H groups in total. The maximum Gasteiger partial charge on any atom is 0.261 e. The Labute approximate surface area is 163 Å². The van der Waals surface area contributed by atoms with Crippen molar-refractivity contribution in [3.05, 3.63) is 53.1 Å². The molecule has 0 radical (unpaired) electrons. The van der Waals surface area contributed by atoms with Crippen LogP contribution in [0.3, 0.4) is 0 Å². The molecule has 0 bridgehead atoms. The van der Waals surface area contributed by atoms with Gasteiger partial charge in [-0.2, -0.15) is 0 Å². The largest absolute Gasteiger partial charge is 0.496 e. The van der Waals surface area contributed by atoms with E-state index in [4.69, 9.17) is 28.6 Å². The number of carbonyl (C=O) groups is 1. The fraction of sp³-hybridized carbons (Fsp3) is 0.263. The van der Waals surface area contributed by atoms with Crippen LogP contribution in [0, 0.1) is 0 Å². The number of para-hydroxylation sites is 2. The van der Waals surface area contributed by atoms with Gasteiger partial charge in [-0.15, -0.1) is 0 Å². The number of amides is 1. The van der Waals surface area contributed by atoms with Crippen molar-refractivity contribution in [3.8, 4) is 5.75 Å². The monoisotopic (exact) mass is 389 g/mol. The SMILES string of the molecule is COc1ccc(Cl)cc1C(=O)NC(=S)Nc1ccccc1N1CCCC1. The number of methoxy groups -OCH3 is 1. The number of halogens is 1. The zero-order valence-corrected chi connectivity index (χ0v) is 16.0. The number of nitrogens with one attached hydrogen (secondary N) is 2. The first-order valence-corrected chi connectivity index (χ1v) is 9.17. The highest BCUT2D eigenvalue weighted by Crippen LogP contribution is 2.28. The molecule has 1 amide bonds. The van der Waals surface area contributed by atoms with Crippen LogP contribution in [0.1, 0.15) is 23.2 Å². The maximum atomic E-state index is 12.5. The summed E-state index contributed by atoms with van der Waals surface area (Å²) in [6.07, 6.45) is 2.37. The molecular weight excluding hydrogens is 370 g/mol. The minimum Gasteiger partial charge on any atom is -0.496 e. The average Bonchev–Trinajstić information content (AvgIpc) is 3.16. The van der Waals surface area contributed by atoms with Crippen LogP contribution in [0.15, 0.2) is 42.5 Å². The molecule has 0 saturated carbocycles. The van der Waals surface area contributed by atoms with E-state index in [-0.39, 0.29) is 11.0 Å². The number of thiocarbonyl (C=S) groups is 1. The van der Waals surface area contributed by atoms with Gasteiger partial charge in [0.25, 0.3) is 5.91 Å². The Balaban J connectivity index is 1.72. The Kier molecular flexibility index (Phi) is 5.96. The normalized spacial score (nSPS) is 13.4. The Morgan fingerprint density at radius 3 is 2.65 bits per heavy atom. The number of nitrogens with zero attached hydrogens (tertiary/aromatic N) is 1. The van der Waals surface area contributed by atoms with E-state index in [2.05, 4.69) is 21.6 Å². The van der Waals surface area contributed by atoms with Gasteiger partial charge in [0.1, 0.15) is 5.75 Å². The zero-order valence-electron chi connectivity index (χ0n) is 14.4. The Hall–Kier alpha value is -2.31. The predicted molar refractivity (Wildman–Crippen MR) is 110 cm³/mol. The molecule has 1 saturated heterocycles. The summed E-state index contributed by atoms with van der Waals surface area (Å²) in [6.45, 7) is 2.05. The van der Waals surface area contributed by atoms with Crippen molar-refractivity contribution in [2.75, 3.05) is 30.4 Å². The van der Waals surface area contributed by atoms with E-state index < -0.39 is 0 Å². The van der Waals surface area contributed by atoms with Crippen LogP contribution < -0.4 is 20.3 Å². The predicted octanol–water partition coefficient (Wildman–Crippen LogP) is 4.08. The lowest BCUT2D eigenvalue weighted by Gasteiger charge is -2.22. The molecule has 26 heavy (non-hydrogen) atoms. The molecule has 0 unspecified atom stereocenters. The summed E-state index contributed by atoms with van der Waals surface area (Å²) in [5, 5.41) is 6.49. The van der Waals surface area contributed by atoms with Gasteiger partial charge in [0.05, 0.1) is 24.0 Å². The summed E-state index contributed by atoms with van der Waals surface area (Å²) in [7, 11) is 1.50. The van der Waals surface area contributed by atoms with Gasteiger partial charge in [-0.05, 0) is 55.4 Å². The van der Waals surface area contributed by atoms with Gasteiger partial charge in [-0.25, -0.2) is 0 Å². The van der Waals surface area contributed by atoms with Crippen LogP contribution in [0.4, 0.5) is 11.4 Å². The third-order valence-electron chi connectivity index (χ3n) is 4.23. The minimum atomic E-state index is -0.375. The van der Waals surface area contributed by atoms with E-state index in [1.165, 1.54) is 20.0 Å². The quantitative estimate of drug-likeness (QED) is 0.772. The van der Waals surface area contributed by atoms with Crippen molar-refractivity contribution in [1.29, 1.82) is 0 Å². The molecule has 1 aliphatic rings. The molecule has 1 heterocycles. The molecule has 0 atom stereocenters. The van der Waals surface area contributed by atoms with Gasteiger partial charge in [-0.1, -0.05) is 23.7 Å². The highest BCUT2D eigenvalue weighted by atomic mass is 35.5. The van der Waals surface area contributed by atoms with Gasteiger partial charge in [0, 0.05) is 18.1 Å². The fourth-order valence-corrected chi connectivity index (χ4v) is 3.37. The van der Waals surface area contributed by atoms with E-state index in [0.717, 1.165) is 24.5 Å². The minimum absolute atomic E-state index is 0.226. The average molecular weight is 390 g/mol. The van der Waals surface area contributed by atoms with E-state index in [1.807, 2.05) is 18.2 Å². The van der Waals surface area contributed by atoms with Gasteiger partial charge in [-0.3, -0.25) is 10.1 Å². The lowest BCUT2D eigenvalue weighted by Crippen LogP contribution is -2.35. The second kappa shape index (κ2) is 8.38. The summed E-state index contributed by atoms with van der Waals surface area (Å²) in [6, 6.07) is 12.8. The number of rotatable bonds is 4. The molecule has 7 heteroatoms. The Bertz CT molecular complexity index is 822. The molecule has 136 valence electrons. The van der Waals surface area contributed by atoms with E-state index in [9.17, 15) is 4.79 Å². The van der Waals surface area contributed by atoms with Crippen molar-refractivity contribution in [3.63, 3.8) is 0 Å². The first kappa shape index (κ1) is 18.5. The highest BCUT2D eigenvalue weighted by Gasteiger charge is 2.18. The molecule has 0 aliphatic carbocycles. The van der Waals surface area contributed by atoms with Crippen LogP contribution >= 0.6 is 23.8 Å². The molecule has 1 aliphatic heterocycles. The van der Waals surface area contributed by atoms with Crippen LogP contribution in [0.2, 0.25) is 5.02 Å². The molecule has 2 aromatic carbocycles. The molecule has 0 spiro atoms. The number of anilines is 2. The molecular formula is C19H20ClN3O2S. The van der Waals surface area contributed by atoms with Crippen molar-refractivity contribution in [2.24, 2.45) is 0 Å². The summed E-state index contributed by atoms with van der Waals surface area (Å²) < 4.78 is 5.22. The number of ether oxygens (including phenoxy) is 1. The zero-order chi connectivity index (χ0) is 18.5. The lowest BCUT2D eigenvalue weighted by atomic mass is 10.2. The Morgan fingerprint density at radius 2 is 1.92 bits per heavy atom. The lowest BCUT2D eigenvalue weighted by molar-refractivity contribution is 0.0975. The van der Waals surface area contributed by atoms with Gasteiger partial charge in [0.2, 0.25) is 0 Å². The van der Waals surface area contributed by atoms with Crippen molar-refractivity contribution in [1.82, 2.24) is 5.32 Å². The van der Waals surface area contributed by atoms with Crippen molar-refractivity contribution < 1.29 is 9.53 Å². The van der Waals surface area contributed by atoms with E-state index in [0.29, 0.717) is 16.3 Å². The smallest absolute Gasteiger partial charge is 0.261 e. The number of benzene rings is 2. The second-order valence-corrected chi connectivity index (χ2v) is 6.81.